The number of rotatable bonds is 4. The van der Waals surface area contributed by atoms with E-state index in [1.165, 1.54) is 6.33 Å². The predicted molar refractivity (Wildman–Crippen MR) is 77.4 cm³/mol. The summed E-state index contributed by atoms with van der Waals surface area (Å²) in [6.45, 7) is 3.41. The zero-order valence-corrected chi connectivity index (χ0v) is 12.5. The normalized spacial score (nSPS) is 14.5. The summed E-state index contributed by atoms with van der Waals surface area (Å²) in [7, 11) is 1.58. The lowest BCUT2D eigenvalue weighted by molar-refractivity contribution is -0.117. The number of fused-ring (bicyclic) bond motifs is 1. The Balaban J connectivity index is 1.63. The Morgan fingerprint density at radius 3 is 3.09 bits per heavy atom. The second kappa shape index (κ2) is 6.10. The minimum Gasteiger partial charge on any atom is -0.481 e. The van der Waals surface area contributed by atoms with Gasteiger partial charge in [-0.25, -0.2) is 9.97 Å². The number of anilines is 1. The highest BCUT2D eigenvalue weighted by Crippen LogP contribution is 2.24. The van der Waals surface area contributed by atoms with Crippen LogP contribution in [0.1, 0.15) is 17.0 Å². The van der Waals surface area contributed by atoms with Crippen molar-refractivity contribution in [3.63, 3.8) is 0 Å². The van der Waals surface area contributed by atoms with E-state index in [0.717, 1.165) is 29.9 Å². The van der Waals surface area contributed by atoms with Gasteiger partial charge in [0.15, 0.2) is 0 Å². The SMILES string of the molecule is COc1ncnc2c1CN(CC(=O)Nc1cc(C)no1)CC2. The van der Waals surface area contributed by atoms with E-state index in [0.29, 0.717) is 18.3 Å². The molecule has 3 rings (SSSR count). The predicted octanol–water partition coefficient (Wildman–Crippen LogP) is 0.778. The lowest BCUT2D eigenvalue weighted by Gasteiger charge is -2.27. The molecule has 0 atom stereocenters. The van der Waals surface area contributed by atoms with Gasteiger partial charge in [0, 0.05) is 31.1 Å². The van der Waals surface area contributed by atoms with Crippen LogP contribution in [0.4, 0.5) is 5.88 Å². The molecule has 8 nitrogen and oxygen atoms in total. The Kier molecular flexibility index (Phi) is 4.01. The molecule has 2 aromatic rings. The maximum Gasteiger partial charge on any atom is 0.240 e. The fourth-order valence-electron chi connectivity index (χ4n) is 2.48. The van der Waals surface area contributed by atoms with E-state index in [4.69, 9.17) is 9.26 Å². The Labute approximate surface area is 127 Å². The van der Waals surface area contributed by atoms with Gasteiger partial charge in [-0.15, -0.1) is 0 Å². The van der Waals surface area contributed by atoms with Gasteiger partial charge >= 0.3 is 0 Å². The highest BCUT2D eigenvalue weighted by atomic mass is 16.5. The molecule has 0 saturated carbocycles. The van der Waals surface area contributed by atoms with Crippen LogP contribution in [0, 0.1) is 6.92 Å². The number of hydrogen-bond donors (Lipinski definition) is 1. The molecule has 0 spiro atoms. The molecule has 0 saturated heterocycles. The number of nitrogens with one attached hydrogen (secondary N) is 1. The Bertz CT molecular complexity index is 671. The van der Waals surface area contributed by atoms with Crippen LogP contribution in [-0.2, 0) is 17.8 Å². The van der Waals surface area contributed by atoms with E-state index in [2.05, 4.69) is 20.4 Å². The standard InChI is InChI=1S/C14H17N5O3/c1-9-5-13(22-18-9)17-12(20)7-19-4-3-11-10(6-19)14(21-2)16-8-15-11/h5,8H,3-4,6-7H2,1-2H3,(H,17,20). The molecule has 0 bridgehead atoms. The summed E-state index contributed by atoms with van der Waals surface area (Å²) in [4.78, 5) is 22.5. The van der Waals surface area contributed by atoms with Gasteiger partial charge in [0.2, 0.25) is 17.7 Å². The molecule has 0 unspecified atom stereocenters. The molecule has 0 radical (unpaired) electrons. The molecule has 0 aliphatic carbocycles. The van der Waals surface area contributed by atoms with E-state index in [9.17, 15) is 4.79 Å². The number of methoxy groups -OCH3 is 1. The van der Waals surface area contributed by atoms with E-state index >= 15 is 0 Å². The number of carbonyl (C=O) groups excluding carboxylic acids is 1. The minimum atomic E-state index is -0.143. The second-order valence-electron chi connectivity index (χ2n) is 5.15. The molecule has 116 valence electrons. The minimum absolute atomic E-state index is 0.143. The molecule has 0 aromatic carbocycles. The monoisotopic (exact) mass is 303 g/mol. The van der Waals surface area contributed by atoms with Crippen molar-refractivity contribution in [2.75, 3.05) is 25.5 Å². The molecular formula is C14H17N5O3. The quantitative estimate of drug-likeness (QED) is 0.892. The molecule has 3 heterocycles. The van der Waals surface area contributed by atoms with Gasteiger partial charge in [-0.2, -0.15) is 0 Å². The summed E-state index contributed by atoms with van der Waals surface area (Å²) < 4.78 is 10.2. The number of ether oxygens (including phenoxy) is 1. The lowest BCUT2D eigenvalue weighted by Crippen LogP contribution is -2.37. The van der Waals surface area contributed by atoms with Crippen molar-refractivity contribution in [1.82, 2.24) is 20.0 Å². The van der Waals surface area contributed by atoms with E-state index < -0.39 is 0 Å². The van der Waals surface area contributed by atoms with E-state index in [-0.39, 0.29) is 12.5 Å². The Hall–Kier alpha value is -2.48. The first-order valence-electron chi connectivity index (χ1n) is 6.98. The highest BCUT2D eigenvalue weighted by Gasteiger charge is 2.23. The fourth-order valence-corrected chi connectivity index (χ4v) is 2.48. The van der Waals surface area contributed by atoms with Crippen LogP contribution < -0.4 is 10.1 Å². The van der Waals surface area contributed by atoms with Crippen molar-refractivity contribution in [2.45, 2.75) is 19.9 Å². The summed E-state index contributed by atoms with van der Waals surface area (Å²) in [5.74, 6) is 0.789. The summed E-state index contributed by atoms with van der Waals surface area (Å²) in [5, 5.41) is 6.42. The van der Waals surface area contributed by atoms with Crippen molar-refractivity contribution in [2.24, 2.45) is 0 Å². The lowest BCUT2D eigenvalue weighted by atomic mass is 10.1. The highest BCUT2D eigenvalue weighted by molar-refractivity contribution is 5.90. The Morgan fingerprint density at radius 1 is 1.50 bits per heavy atom. The van der Waals surface area contributed by atoms with Crippen LogP contribution in [0.15, 0.2) is 16.9 Å². The zero-order valence-electron chi connectivity index (χ0n) is 12.5. The first-order valence-corrected chi connectivity index (χ1v) is 6.98. The number of aromatic nitrogens is 3. The average molecular weight is 303 g/mol. The van der Waals surface area contributed by atoms with Crippen LogP contribution in [0.25, 0.3) is 0 Å². The largest absolute Gasteiger partial charge is 0.481 e. The molecule has 22 heavy (non-hydrogen) atoms. The topological polar surface area (TPSA) is 93.4 Å². The van der Waals surface area contributed by atoms with Crippen molar-refractivity contribution in [3.8, 4) is 5.88 Å². The number of amides is 1. The summed E-state index contributed by atoms with van der Waals surface area (Å²) in [5.41, 5.74) is 2.65. The number of nitrogens with zero attached hydrogens (tertiary/aromatic N) is 4. The smallest absolute Gasteiger partial charge is 0.240 e. The van der Waals surface area contributed by atoms with Crippen LogP contribution in [-0.4, -0.2) is 46.1 Å². The second-order valence-corrected chi connectivity index (χ2v) is 5.15. The van der Waals surface area contributed by atoms with Gasteiger partial charge in [-0.1, -0.05) is 5.16 Å². The van der Waals surface area contributed by atoms with Gasteiger partial charge in [0.1, 0.15) is 6.33 Å². The third-order valence-electron chi connectivity index (χ3n) is 3.49. The molecule has 2 aromatic heterocycles. The third-order valence-corrected chi connectivity index (χ3v) is 3.49. The molecule has 1 N–H and O–H groups in total. The molecule has 1 amide bonds. The maximum absolute atomic E-state index is 12.1. The Morgan fingerprint density at radius 2 is 2.36 bits per heavy atom. The van der Waals surface area contributed by atoms with Crippen LogP contribution in [0.5, 0.6) is 5.88 Å². The first kappa shape index (κ1) is 14.5. The van der Waals surface area contributed by atoms with Crippen LogP contribution in [0.2, 0.25) is 0 Å². The van der Waals surface area contributed by atoms with Gasteiger partial charge in [0.05, 0.1) is 25.0 Å². The van der Waals surface area contributed by atoms with Crippen molar-refractivity contribution in [1.29, 1.82) is 0 Å². The van der Waals surface area contributed by atoms with Crippen molar-refractivity contribution < 1.29 is 14.1 Å². The van der Waals surface area contributed by atoms with Gasteiger partial charge in [0.25, 0.3) is 0 Å². The van der Waals surface area contributed by atoms with Gasteiger partial charge < -0.3 is 9.26 Å². The summed E-state index contributed by atoms with van der Waals surface area (Å²) in [6, 6.07) is 1.68. The number of carbonyl (C=O) groups is 1. The molecule has 8 heteroatoms. The van der Waals surface area contributed by atoms with E-state index in [1.807, 2.05) is 4.90 Å². The summed E-state index contributed by atoms with van der Waals surface area (Å²) in [6.07, 6.45) is 2.27. The average Bonchev–Trinajstić information content (AvgIpc) is 2.91. The van der Waals surface area contributed by atoms with Crippen LogP contribution >= 0.6 is 0 Å². The number of hydrogen-bond acceptors (Lipinski definition) is 7. The number of aryl methyl sites for hydroxylation is 1. The van der Waals surface area contributed by atoms with Gasteiger partial charge in [-0.05, 0) is 6.92 Å². The fraction of sp³-hybridized carbons (Fsp3) is 0.429. The van der Waals surface area contributed by atoms with Crippen molar-refractivity contribution in [3.05, 3.63) is 29.3 Å². The molecule has 1 aliphatic rings. The first-order chi connectivity index (χ1) is 10.7. The molecular weight excluding hydrogens is 286 g/mol. The van der Waals surface area contributed by atoms with Crippen molar-refractivity contribution >= 4 is 11.8 Å². The maximum atomic E-state index is 12.1. The third kappa shape index (κ3) is 3.06. The molecule has 0 fully saturated rings. The van der Waals surface area contributed by atoms with Gasteiger partial charge in [-0.3, -0.25) is 15.0 Å². The zero-order chi connectivity index (χ0) is 15.5. The van der Waals surface area contributed by atoms with Crippen LogP contribution in [0.3, 0.4) is 0 Å². The summed E-state index contributed by atoms with van der Waals surface area (Å²) >= 11 is 0. The van der Waals surface area contributed by atoms with E-state index in [1.54, 1.807) is 20.1 Å². The molecule has 1 aliphatic heterocycles.